The number of nitrogens with zero attached hydrogens (tertiary/aromatic N) is 2. The highest BCUT2D eigenvalue weighted by atomic mass is 35.5. The summed E-state index contributed by atoms with van der Waals surface area (Å²) in [6.07, 6.45) is -1.40. The van der Waals surface area contributed by atoms with Gasteiger partial charge in [0.1, 0.15) is 11.6 Å². The normalized spacial score (nSPS) is 13.3. The summed E-state index contributed by atoms with van der Waals surface area (Å²) in [7, 11) is 0. The van der Waals surface area contributed by atoms with Crippen LogP contribution >= 0.6 is 23.4 Å². The highest BCUT2D eigenvalue weighted by Crippen LogP contribution is 2.19. The lowest BCUT2D eigenvalue weighted by molar-refractivity contribution is -0.143. The van der Waals surface area contributed by atoms with Gasteiger partial charge in [0.05, 0.1) is 11.9 Å². The van der Waals surface area contributed by atoms with Crippen molar-refractivity contribution in [2.75, 3.05) is 23.9 Å². The molecule has 1 aromatic rings. The lowest BCUT2D eigenvalue weighted by Crippen LogP contribution is -2.31. The molecule has 114 valence electrons. The predicted octanol–water partition coefficient (Wildman–Crippen LogP) is 2.87. The van der Waals surface area contributed by atoms with Gasteiger partial charge in [-0.15, -0.1) is 0 Å². The molecule has 0 aromatic carbocycles. The van der Waals surface area contributed by atoms with Crippen LogP contribution in [0.5, 0.6) is 0 Å². The molecule has 0 aliphatic carbocycles. The van der Waals surface area contributed by atoms with Crippen molar-refractivity contribution in [1.82, 2.24) is 9.78 Å². The van der Waals surface area contributed by atoms with Crippen molar-refractivity contribution in [2.24, 2.45) is 5.92 Å². The first-order valence-electron chi connectivity index (χ1n) is 5.79. The van der Waals surface area contributed by atoms with E-state index in [1.54, 1.807) is 11.8 Å². The second kappa shape index (κ2) is 7.21. The Balaban J connectivity index is 2.82. The maximum Gasteiger partial charge on any atom is 0.408 e. The molecule has 0 aliphatic heterocycles. The number of aromatic nitrogens is 2. The van der Waals surface area contributed by atoms with Crippen LogP contribution in [0.4, 0.5) is 18.9 Å². The van der Waals surface area contributed by atoms with E-state index in [1.807, 2.05) is 13.2 Å². The molecule has 20 heavy (non-hydrogen) atoms. The fourth-order valence-electron chi connectivity index (χ4n) is 1.50. The zero-order chi connectivity index (χ0) is 15.3. The highest BCUT2D eigenvalue weighted by molar-refractivity contribution is 7.98. The van der Waals surface area contributed by atoms with Crippen molar-refractivity contribution < 1.29 is 13.2 Å². The molecule has 1 heterocycles. The van der Waals surface area contributed by atoms with Gasteiger partial charge in [-0.2, -0.15) is 30.0 Å². The van der Waals surface area contributed by atoms with Gasteiger partial charge >= 0.3 is 6.18 Å². The Morgan fingerprint density at radius 1 is 1.55 bits per heavy atom. The average Bonchev–Trinajstić information content (AvgIpc) is 2.33. The van der Waals surface area contributed by atoms with Crippen LogP contribution in [-0.4, -0.2) is 34.5 Å². The van der Waals surface area contributed by atoms with Gasteiger partial charge in [0.2, 0.25) is 0 Å². The van der Waals surface area contributed by atoms with Gasteiger partial charge in [-0.05, 0) is 17.9 Å². The van der Waals surface area contributed by atoms with Crippen molar-refractivity contribution in [3.8, 4) is 0 Å². The van der Waals surface area contributed by atoms with E-state index in [-0.39, 0.29) is 10.7 Å². The molecule has 9 heteroatoms. The average molecular weight is 330 g/mol. The van der Waals surface area contributed by atoms with Gasteiger partial charge in [0.15, 0.2) is 0 Å². The lowest BCUT2D eigenvalue weighted by Gasteiger charge is -2.14. The van der Waals surface area contributed by atoms with Crippen LogP contribution in [0.2, 0.25) is 5.02 Å². The number of thioether (sulfide) groups is 1. The first-order valence-corrected chi connectivity index (χ1v) is 7.57. The van der Waals surface area contributed by atoms with E-state index in [4.69, 9.17) is 11.6 Å². The highest BCUT2D eigenvalue weighted by Gasteiger charge is 2.29. The second-order valence-electron chi connectivity index (χ2n) is 4.39. The SMILES string of the molecule is CSCC(C)CNc1cnn(CC(F)(F)F)c(=O)c1Cl. The van der Waals surface area contributed by atoms with Crippen molar-refractivity contribution in [3.05, 3.63) is 21.6 Å². The van der Waals surface area contributed by atoms with E-state index in [2.05, 4.69) is 10.4 Å². The van der Waals surface area contributed by atoms with E-state index in [9.17, 15) is 18.0 Å². The number of rotatable bonds is 6. The Hall–Kier alpha value is -0.890. The minimum absolute atomic E-state index is 0.253. The third-order valence-corrected chi connectivity index (χ3v) is 3.67. The molecule has 0 fully saturated rings. The summed E-state index contributed by atoms with van der Waals surface area (Å²) in [6.45, 7) is 1.12. The molecular formula is C11H15ClF3N3OS. The van der Waals surface area contributed by atoms with Crippen LogP contribution in [0.15, 0.2) is 11.0 Å². The molecular weight excluding hydrogens is 315 g/mol. The first kappa shape index (κ1) is 17.2. The number of hydrogen-bond donors (Lipinski definition) is 1. The zero-order valence-electron chi connectivity index (χ0n) is 11.0. The summed E-state index contributed by atoms with van der Waals surface area (Å²) in [5, 5.41) is 6.13. The van der Waals surface area contributed by atoms with Gasteiger partial charge < -0.3 is 5.32 Å². The van der Waals surface area contributed by atoms with Crippen LogP contribution in [-0.2, 0) is 6.54 Å². The Kier molecular flexibility index (Phi) is 6.19. The van der Waals surface area contributed by atoms with Crippen LogP contribution in [0.25, 0.3) is 0 Å². The van der Waals surface area contributed by atoms with Crippen LogP contribution in [0.1, 0.15) is 6.92 Å². The first-order chi connectivity index (χ1) is 9.24. The monoisotopic (exact) mass is 329 g/mol. The zero-order valence-corrected chi connectivity index (χ0v) is 12.6. The van der Waals surface area contributed by atoms with Crippen molar-refractivity contribution in [3.63, 3.8) is 0 Å². The molecule has 1 aromatic heterocycles. The molecule has 0 amide bonds. The van der Waals surface area contributed by atoms with Crippen molar-refractivity contribution >= 4 is 29.1 Å². The topological polar surface area (TPSA) is 46.9 Å². The van der Waals surface area contributed by atoms with Crippen LogP contribution < -0.4 is 10.9 Å². The molecule has 0 radical (unpaired) electrons. The number of hydrogen-bond acceptors (Lipinski definition) is 4. The molecule has 0 bridgehead atoms. The summed E-state index contributed by atoms with van der Waals surface area (Å²) in [5.41, 5.74) is -0.699. The largest absolute Gasteiger partial charge is 0.408 e. The summed E-state index contributed by atoms with van der Waals surface area (Å²) in [6, 6.07) is 0. The molecule has 0 spiro atoms. The summed E-state index contributed by atoms with van der Waals surface area (Å²) in [5.74, 6) is 1.25. The third kappa shape index (κ3) is 5.24. The third-order valence-electron chi connectivity index (χ3n) is 2.41. The van der Waals surface area contributed by atoms with Gasteiger partial charge in [-0.3, -0.25) is 4.79 Å². The number of alkyl halides is 3. The molecule has 0 aliphatic rings. The second-order valence-corrected chi connectivity index (χ2v) is 5.68. The van der Waals surface area contributed by atoms with E-state index in [1.165, 1.54) is 0 Å². The van der Waals surface area contributed by atoms with E-state index < -0.39 is 18.3 Å². The molecule has 0 saturated carbocycles. The Bertz CT molecular complexity index is 507. The molecule has 1 unspecified atom stereocenters. The Labute approximate surface area is 123 Å². The molecule has 1 atom stereocenters. The van der Waals surface area contributed by atoms with E-state index >= 15 is 0 Å². The molecule has 1 rings (SSSR count). The quantitative estimate of drug-likeness (QED) is 0.871. The lowest BCUT2D eigenvalue weighted by atomic mass is 10.2. The number of anilines is 1. The molecule has 0 saturated heterocycles. The predicted molar refractivity (Wildman–Crippen MR) is 75.6 cm³/mol. The summed E-state index contributed by atoms with van der Waals surface area (Å²) < 4.78 is 37.0. The van der Waals surface area contributed by atoms with Crippen LogP contribution in [0.3, 0.4) is 0 Å². The van der Waals surface area contributed by atoms with Crippen molar-refractivity contribution in [2.45, 2.75) is 19.6 Å². The van der Waals surface area contributed by atoms with Gasteiger partial charge in [0, 0.05) is 6.54 Å². The molecule has 4 nitrogen and oxygen atoms in total. The maximum absolute atomic E-state index is 12.2. The standard InChI is InChI=1S/C11H15ClF3N3OS/c1-7(5-20-2)3-16-8-4-17-18(6-11(13,14)15)10(19)9(8)12/h4,7,16H,3,5-6H2,1-2H3. The van der Waals surface area contributed by atoms with Gasteiger partial charge in [0.25, 0.3) is 5.56 Å². The summed E-state index contributed by atoms with van der Waals surface area (Å²) >= 11 is 7.46. The fraction of sp³-hybridized carbons (Fsp3) is 0.636. The minimum Gasteiger partial charge on any atom is -0.382 e. The Morgan fingerprint density at radius 3 is 2.75 bits per heavy atom. The van der Waals surface area contributed by atoms with Crippen LogP contribution in [0, 0.1) is 5.92 Å². The minimum atomic E-state index is -4.51. The number of nitrogens with one attached hydrogen (secondary N) is 1. The van der Waals surface area contributed by atoms with Crippen molar-refractivity contribution in [1.29, 1.82) is 0 Å². The summed E-state index contributed by atoms with van der Waals surface area (Å²) in [4.78, 5) is 11.7. The Morgan fingerprint density at radius 2 is 2.20 bits per heavy atom. The smallest absolute Gasteiger partial charge is 0.382 e. The van der Waals surface area contributed by atoms with Gasteiger partial charge in [-0.1, -0.05) is 18.5 Å². The van der Waals surface area contributed by atoms with E-state index in [0.717, 1.165) is 11.9 Å². The van der Waals surface area contributed by atoms with Gasteiger partial charge in [-0.25, -0.2) is 4.68 Å². The van der Waals surface area contributed by atoms with E-state index in [0.29, 0.717) is 17.1 Å². The molecule has 1 N–H and O–H groups in total. The maximum atomic E-state index is 12.2. The number of halogens is 4. The fourth-order valence-corrected chi connectivity index (χ4v) is 2.40.